The molecular formula is C41H51F3N2O8S. The summed E-state index contributed by atoms with van der Waals surface area (Å²) in [5.41, 5.74) is -4.84. The Kier molecular flexibility index (Phi) is 12.7. The van der Waals surface area contributed by atoms with Crippen molar-refractivity contribution in [3.05, 3.63) is 77.4 Å². The lowest BCUT2D eigenvalue weighted by Gasteiger charge is -2.63. The Morgan fingerprint density at radius 2 is 1.84 bits per heavy atom. The van der Waals surface area contributed by atoms with Crippen LogP contribution in [0.25, 0.3) is 0 Å². The summed E-state index contributed by atoms with van der Waals surface area (Å²) in [7, 11) is 1.64. The number of alkyl halides is 3. The minimum Gasteiger partial charge on any atom is -0.506 e. The Bertz CT molecular complexity index is 1810. The first-order valence-electron chi connectivity index (χ1n) is 18.4. The van der Waals surface area contributed by atoms with Gasteiger partial charge in [0.15, 0.2) is 11.5 Å². The van der Waals surface area contributed by atoms with Gasteiger partial charge in [-0.25, -0.2) is 13.2 Å². The smallest absolute Gasteiger partial charge is 0.223 e. The molecule has 0 spiro atoms. The molecule has 3 fully saturated rings. The number of hydrogen-bond acceptors (Lipinski definition) is 10. The highest BCUT2D eigenvalue weighted by molar-refractivity contribution is 8.13. The average Bonchev–Trinajstić information content (AvgIpc) is 3.35. The number of phenols is 1. The van der Waals surface area contributed by atoms with Gasteiger partial charge in [0.1, 0.15) is 29.3 Å². The maximum absolute atomic E-state index is 16.9. The van der Waals surface area contributed by atoms with Crippen molar-refractivity contribution in [1.29, 1.82) is 0 Å². The highest BCUT2D eigenvalue weighted by Gasteiger charge is 2.76. The number of benzene rings is 2. The number of carbonyl (C=O) groups excluding carboxylic acids is 3. The molecule has 0 heterocycles. The van der Waals surface area contributed by atoms with Crippen LogP contribution in [0.1, 0.15) is 64.2 Å². The lowest BCUT2D eigenvalue weighted by molar-refractivity contribution is -0.221. The second kappa shape index (κ2) is 16.4. The lowest BCUT2D eigenvalue weighted by atomic mass is 9.44. The van der Waals surface area contributed by atoms with Crippen molar-refractivity contribution in [3.63, 3.8) is 0 Å². The fourth-order valence-electron chi connectivity index (χ4n) is 9.69. The van der Waals surface area contributed by atoms with Crippen molar-refractivity contribution in [3.8, 4) is 11.5 Å². The molecule has 11 atom stereocenters. The number of methoxy groups -OCH3 is 1. The standard InChI is InChI=1S/C22H27F3O4S.C19H24N2O4/c1-11-6-13-14-8-16(24)15-7-12(26)4-5-19(15,2)21(14,25)17(27)9-20(13,3)22(11,29)18(28)30-10-23;1-13(9-14-3-6-16(25-2)7-4-14)20-11-19(24)15-5-8-18(23)17(10-15)21-12-22/h4-5,7,11,13-14,16-17,27,29H,6,8-10H2,1-3H3;3-8,10,12-13,19-20,23-24H,9,11H2,1-2H3,(H,21,22)/t11-,13+,14+,16+,17+,19+,20+,21+,22+;13-,19+/m11/s1. The molecule has 1 amide bonds. The number of ketones is 1. The van der Waals surface area contributed by atoms with E-state index < -0.39 is 75.1 Å². The van der Waals surface area contributed by atoms with Gasteiger partial charge >= 0.3 is 0 Å². The zero-order chi connectivity index (χ0) is 40.5. The predicted octanol–water partition coefficient (Wildman–Crippen LogP) is 5.69. The highest BCUT2D eigenvalue weighted by Crippen LogP contribution is 2.71. The van der Waals surface area contributed by atoms with Gasteiger partial charge in [0.2, 0.25) is 11.5 Å². The zero-order valence-corrected chi connectivity index (χ0v) is 32.4. The molecule has 4 aliphatic carbocycles. The van der Waals surface area contributed by atoms with Crippen molar-refractivity contribution < 1.29 is 52.7 Å². The number of fused-ring (bicyclic) bond motifs is 5. The van der Waals surface area contributed by atoms with Crippen LogP contribution < -0.4 is 15.4 Å². The van der Waals surface area contributed by atoms with Crippen LogP contribution in [0.15, 0.2) is 66.3 Å². The number of rotatable bonds is 11. The van der Waals surface area contributed by atoms with Crippen molar-refractivity contribution in [2.24, 2.45) is 28.6 Å². The third-order valence-corrected chi connectivity index (χ3v) is 13.4. The molecule has 0 aliphatic heterocycles. The number of aliphatic hydroxyl groups excluding tert-OH is 2. The molecule has 6 rings (SSSR count). The molecule has 6 N–H and O–H groups in total. The largest absolute Gasteiger partial charge is 0.506 e. The number of carbonyl (C=O) groups is 3. The van der Waals surface area contributed by atoms with Crippen molar-refractivity contribution >= 4 is 34.8 Å². The second-order valence-electron chi connectivity index (χ2n) is 15.7. The minimum atomic E-state index is -2.26. The lowest BCUT2D eigenvalue weighted by Crippen LogP contribution is -2.70. The van der Waals surface area contributed by atoms with E-state index in [9.17, 15) is 39.2 Å². The number of phenolic OH excluding ortho intramolecular Hbond substituents is 1. The van der Waals surface area contributed by atoms with E-state index in [-0.39, 0.29) is 42.3 Å². The SMILES string of the molecule is COc1ccc(C[C@@H](C)NC[C@H](O)c2ccc(O)c(NC=O)c2)cc1.C[C@@H]1C[C@H]2[C@@H]3C[C@H](F)C4=CC(=O)C=C[C@]4(C)[C@@]3(F)[C@@H](O)C[C@]2(C)[C@@]1(O)C(=O)SCF. The molecule has 55 heavy (non-hydrogen) atoms. The van der Waals surface area contributed by atoms with Crippen molar-refractivity contribution in [2.45, 2.75) is 89.1 Å². The summed E-state index contributed by atoms with van der Waals surface area (Å²) in [6, 6.07) is 11.7. The number of thioether (sulfide) groups is 1. The average molecular weight is 789 g/mol. The normalized spacial score (nSPS) is 34.5. The molecular weight excluding hydrogens is 738 g/mol. The van der Waals surface area contributed by atoms with Crippen LogP contribution in [0.5, 0.6) is 11.5 Å². The number of allylic oxidation sites excluding steroid dienone is 4. The summed E-state index contributed by atoms with van der Waals surface area (Å²) in [6.07, 6.45) is 0.872. The van der Waals surface area contributed by atoms with Gasteiger partial charge in [-0.3, -0.25) is 14.4 Å². The summed E-state index contributed by atoms with van der Waals surface area (Å²) in [5, 5.41) is 47.5. The van der Waals surface area contributed by atoms with Gasteiger partial charge < -0.3 is 35.8 Å². The summed E-state index contributed by atoms with van der Waals surface area (Å²) in [5.74, 6) is -1.78. The number of aromatic hydroxyl groups is 1. The molecule has 4 aliphatic rings. The van der Waals surface area contributed by atoms with E-state index in [2.05, 4.69) is 10.6 Å². The molecule has 300 valence electrons. The Balaban J connectivity index is 0.000000215. The van der Waals surface area contributed by atoms with Gasteiger partial charge in [0.25, 0.3) is 0 Å². The second-order valence-corrected chi connectivity index (χ2v) is 16.6. The fraction of sp³-hybridized carbons (Fsp3) is 0.537. The minimum absolute atomic E-state index is 0.0294. The predicted molar refractivity (Wildman–Crippen MR) is 204 cm³/mol. The number of nitrogens with one attached hydrogen (secondary N) is 2. The number of ether oxygens (including phenoxy) is 1. The van der Waals surface area contributed by atoms with Gasteiger partial charge in [-0.2, -0.15) is 0 Å². The van der Waals surface area contributed by atoms with Crippen LogP contribution >= 0.6 is 11.8 Å². The Morgan fingerprint density at radius 3 is 2.47 bits per heavy atom. The summed E-state index contributed by atoms with van der Waals surface area (Å²) < 4.78 is 50.2. The topological polar surface area (TPSA) is 165 Å². The Labute approximate surface area is 323 Å². The third-order valence-electron chi connectivity index (χ3n) is 12.7. The number of anilines is 1. The van der Waals surface area contributed by atoms with E-state index in [4.69, 9.17) is 4.74 Å². The first-order valence-corrected chi connectivity index (χ1v) is 19.4. The summed E-state index contributed by atoms with van der Waals surface area (Å²) in [6.45, 7) is 7.20. The number of halogens is 3. The van der Waals surface area contributed by atoms with Crippen LogP contribution in [-0.4, -0.2) is 87.0 Å². The first-order chi connectivity index (χ1) is 25.9. The Hall–Kier alpha value is -3.69. The monoisotopic (exact) mass is 788 g/mol. The van der Waals surface area contributed by atoms with E-state index in [0.717, 1.165) is 18.2 Å². The molecule has 0 radical (unpaired) electrons. The summed E-state index contributed by atoms with van der Waals surface area (Å²) >= 11 is 0.371. The van der Waals surface area contributed by atoms with Crippen LogP contribution in [-0.2, 0) is 20.8 Å². The first kappa shape index (κ1) is 42.5. The molecule has 0 aromatic heterocycles. The quantitative estimate of drug-likeness (QED) is 0.123. The number of hydrogen-bond donors (Lipinski definition) is 6. The van der Waals surface area contributed by atoms with Crippen LogP contribution in [0.2, 0.25) is 0 Å². The van der Waals surface area contributed by atoms with Crippen molar-refractivity contribution in [1.82, 2.24) is 5.32 Å². The maximum Gasteiger partial charge on any atom is 0.223 e. The van der Waals surface area contributed by atoms with Crippen LogP contribution in [0, 0.1) is 28.6 Å². The molecule has 10 nitrogen and oxygen atoms in total. The van der Waals surface area contributed by atoms with E-state index in [1.54, 1.807) is 33.1 Å². The summed E-state index contributed by atoms with van der Waals surface area (Å²) in [4.78, 5) is 35.1. The third kappa shape index (κ3) is 7.48. The van der Waals surface area contributed by atoms with E-state index in [1.807, 2.05) is 31.2 Å². The Morgan fingerprint density at radius 1 is 1.15 bits per heavy atom. The number of aliphatic hydroxyl groups is 3. The fourth-order valence-corrected chi connectivity index (χ4v) is 10.4. The number of amides is 1. The molecule has 0 saturated heterocycles. The molecule has 2 aromatic carbocycles. The van der Waals surface area contributed by atoms with Crippen LogP contribution in [0.3, 0.4) is 0 Å². The van der Waals surface area contributed by atoms with Crippen LogP contribution in [0.4, 0.5) is 18.9 Å². The molecule has 0 bridgehead atoms. The maximum atomic E-state index is 16.9. The van der Waals surface area contributed by atoms with E-state index in [0.29, 0.717) is 30.3 Å². The van der Waals surface area contributed by atoms with Gasteiger partial charge in [-0.15, -0.1) is 0 Å². The molecule has 3 saturated carbocycles. The highest BCUT2D eigenvalue weighted by atomic mass is 32.2. The molecule has 14 heteroatoms. The zero-order valence-electron chi connectivity index (χ0n) is 31.6. The van der Waals surface area contributed by atoms with Gasteiger partial charge in [-0.1, -0.05) is 49.9 Å². The van der Waals surface area contributed by atoms with E-state index >= 15 is 8.78 Å². The van der Waals surface area contributed by atoms with Crippen molar-refractivity contribution in [2.75, 3.05) is 25.0 Å². The van der Waals surface area contributed by atoms with Gasteiger partial charge in [0, 0.05) is 29.3 Å². The van der Waals surface area contributed by atoms with Gasteiger partial charge in [-0.05, 0) is 104 Å². The molecule has 2 aromatic rings. The van der Waals surface area contributed by atoms with E-state index in [1.165, 1.54) is 30.7 Å². The van der Waals surface area contributed by atoms with Gasteiger partial charge in [0.05, 0.1) is 25.0 Å². The molecule has 0 unspecified atom stereocenters.